The minimum absolute atomic E-state index is 0.113. The van der Waals surface area contributed by atoms with Crippen LogP contribution in [-0.4, -0.2) is 17.7 Å². The molecule has 0 bridgehead atoms. The molecule has 3 N–H and O–H groups in total. The third-order valence-electron chi connectivity index (χ3n) is 4.43. The summed E-state index contributed by atoms with van der Waals surface area (Å²) in [5, 5.41) is 0.613. The highest BCUT2D eigenvalue weighted by atomic mass is 35.5. The Morgan fingerprint density at radius 2 is 1.89 bits per heavy atom. The number of aliphatic imine (C=N–C) groups is 1. The molecule has 1 aromatic carbocycles. The number of aromatic amines is 1. The van der Waals surface area contributed by atoms with Gasteiger partial charge in [0.05, 0.1) is 5.56 Å². The molecule has 4 nitrogen and oxygen atoms in total. The molecular formula is C21H24ClF2N3O. The van der Waals surface area contributed by atoms with Gasteiger partial charge in [0.15, 0.2) is 5.43 Å². The molecule has 7 heteroatoms. The number of hydrogen-bond donors (Lipinski definition) is 2. The first-order chi connectivity index (χ1) is 13.0. The molecule has 0 amide bonds. The standard InChI is InChI=1S/C21H24ClF2N3O/c1-11-6-15(21(3,4)5)16(22)7-14(11)17-8-18(28)19(12(2)27-17)13(9-25)10-26-20(23)24/h6-10,20H,25H2,1-5H3,(H,27,28)/b13-9+,26-10+. The highest BCUT2D eigenvalue weighted by Gasteiger charge is 2.20. The molecule has 150 valence electrons. The van der Waals surface area contributed by atoms with E-state index in [0.717, 1.165) is 29.1 Å². The van der Waals surface area contributed by atoms with Crippen LogP contribution < -0.4 is 11.2 Å². The monoisotopic (exact) mass is 407 g/mol. The van der Waals surface area contributed by atoms with E-state index in [4.69, 9.17) is 17.3 Å². The van der Waals surface area contributed by atoms with E-state index >= 15 is 0 Å². The molecule has 0 aliphatic carbocycles. The average molecular weight is 408 g/mol. The number of aromatic nitrogens is 1. The predicted molar refractivity (Wildman–Crippen MR) is 112 cm³/mol. The van der Waals surface area contributed by atoms with Crippen LogP contribution in [0.25, 0.3) is 16.8 Å². The quantitative estimate of drug-likeness (QED) is 0.540. The number of hydrogen-bond acceptors (Lipinski definition) is 3. The van der Waals surface area contributed by atoms with Gasteiger partial charge in [-0.1, -0.05) is 38.4 Å². The van der Waals surface area contributed by atoms with Crippen molar-refractivity contribution in [3.05, 3.63) is 62.0 Å². The van der Waals surface area contributed by atoms with E-state index in [0.29, 0.717) is 16.4 Å². The fourth-order valence-electron chi connectivity index (χ4n) is 3.07. The Morgan fingerprint density at radius 1 is 1.25 bits per heavy atom. The Labute approximate surface area is 168 Å². The number of nitrogens with zero attached hydrogens (tertiary/aromatic N) is 1. The maximum atomic E-state index is 12.7. The third-order valence-corrected chi connectivity index (χ3v) is 4.74. The second-order valence-electron chi connectivity index (χ2n) is 7.62. The van der Waals surface area contributed by atoms with Crippen molar-refractivity contribution in [2.45, 2.75) is 46.6 Å². The van der Waals surface area contributed by atoms with Crippen molar-refractivity contribution in [2.75, 3.05) is 0 Å². The van der Waals surface area contributed by atoms with Crippen molar-refractivity contribution < 1.29 is 8.78 Å². The number of pyridine rings is 1. The normalized spacial score (nSPS) is 13.0. The Hall–Kier alpha value is -2.47. The highest BCUT2D eigenvalue weighted by Crippen LogP contribution is 2.35. The molecular weight excluding hydrogens is 384 g/mol. The van der Waals surface area contributed by atoms with Crippen molar-refractivity contribution in [1.29, 1.82) is 0 Å². The van der Waals surface area contributed by atoms with Crippen LogP contribution in [0.5, 0.6) is 0 Å². The molecule has 1 aromatic heterocycles. The molecule has 0 spiro atoms. The lowest BCUT2D eigenvalue weighted by Crippen LogP contribution is -2.15. The van der Waals surface area contributed by atoms with Gasteiger partial charge < -0.3 is 10.7 Å². The molecule has 0 aliphatic heterocycles. The van der Waals surface area contributed by atoms with E-state index in [1.54, 1.807) is 6.92 Å². The van der Waals surface area contributed by atoms with Crippen molar-refractivity contribution >= 4 is 23.4 Å². The largest absolute Gasteiger partial charge is 0.404 e. The molecule has 0 unspecified atom stereocenters. The average Bonchev–Trinajstić information content (AvgIpc) is 2.57. The molecule has 0 fully saturated rings. The van der Waals surface area contributed by atoms with Crippen LogP contribution in [0.3, 0.4) is 0 Å². The molecule has 28 heavy (non-hydrogen) atoms. The van der Waals surface area contributed by atoms with Crippen LogP contribution >= 0.6 is 11.6 Å². The van der Waals surface area contributed by atoms with Crippen molar-refractivity contribution in [3.63, 3.8) is 0 Å². The van der Waals surface area contributed by atoms with Gasteiger partial charge in [-0.25, -0.2) is 4.99 Å². The molecule has 0 saturated carbocycles. The van der Waals surface area contributed by atoms with Gasteiger partial charge in [-0.2, -0.15) is 8.78 Å². The summed E-state index contributed by atoms with van der Waals surface area (Å²) in [5.41, 5.74) is 9.24. The number of halogens is 3. The number of alkyl halides is 2. The summed E-state index contributed by atoms with van der Waals surface area (Å²) < 4.78 is 24.7. The minimum atomic E-state index is -2.88. The lowest BCUT2D eigenvalue weighted by molar-refractivity contribution is 0.161. The van der Waals surface area contributed by atoms with Gasteiger partial charge >= 0.3 is 6.55 Å². The van der Waals surface area contributed by atoms with E-state index in [9.17, 15) is 13.6 Å². The molecule has 2 rings (SSSR count). The first kappa shape index (κ1) is 21.8. The van der Waals surface area contributed by atoms with E-state index in [2.05, 4.69) is 30.7 Å². The number of nitrogens with two attached hydrogens (primary N) is 1. The molecule has 2 aromatic rings. The van der Waals surface area contributed by atoms with Gasteiger partial charge in [-0.15, -0.1) is 0 Å². The maximum Gasteiger partial charge on any atom is 0.331 e. The van der Waals surface area contributed by atoms with Gasteiger partial charge in [0, 0.05) is 46.0 Å². The smallest absolute Gasteiger partial charge is 0.331 e. The Kier molecular flexibility index (Phi) is 6.44. The SMILES string of the molecule is Cc1cc(C(C)(C)C)c(Cl)cc1-c1cc(=O)c(C(=C/N)/C=N/C(F)F)c(C)[nH]1. The van der Waals surface area contributed by atoms with Crippen LogP contribution in [0.1, 0.15) is 43.2 Å². The number of nitrogens with one attached hydrogen (secondary N) is 1. The van der Waals surface area contributed by atoms with Crippen LogP contribution in [0, 0.1) is 13.8 Å². The predicted octanol–water partition coefficient (Wildman–Crippen LogP) is 5.20. The van der Waals surface area contributed by atoms with Gasteiger partial charge in [0.1, 0.15) is 0 Å². The zero-order chi connectivity index (χ0) is 21.2. The summed E-state index contributed by atoms with van der Waals surface area (Å²) in [5.74, 6) is 0. The number of allylic oxidation sites excluding steroid dienone is 1. The van der Waals surface area contributed by atoms with Crippen molar-refractivity contribution in [3.8, 4) is 11.3 Å². The molecule has 1 heterocycles. The van der Waals surface area contributed by atoms with Crippen LogP contribution in [0.2, 0.25) is 5.02 Å². The summed E-state index contributed by atoms with van der Waals surface area (Å²) in [7, 11) is 0. The first-order valence-electron chi connectivity index (χ1n) is 8.74. The summed E-state index contributed by atoms with van der Waals surface area (Å²) >= 11 is 6.48. The van der Waals surface area contributed by atoms with E-state index < -0.39 is 6.55 Å². The van der Waals surface area contributed by atoms with Crippen LogP contribution in [0.4, 0.5) is 8.78 Å². The zero-order valence-corrected chi connectivity index (χ0v) is 17.3. The summed E-state index contributed by atoms with van der Waals surface area (Å²) in [6.45, 7) is 6.99. The Morgan fingerprint density at radius 3 is 2.39 bits per heavy atom. The van der Waals surface area contributed by atoms with Gasteiger partial charge in [-0.05, 0) is 36.5 Å². The summed E-state index contributed by atoms with van der Waals surface area (Å²) in [6.07, 6.45) is 1.99. The van der Waals surface area contributed by atoms with Crippen molar-refractivity contribution in [2.24, 2.45) is 10.7 Å². The topological polar surface area (TPSA) is 71.2 Å². The third kappa shape index (κ3) is 4.68. The fourth-order valence-corrected chi connectivity index (χ4v) is 3.51. The molecule has 0 atom stereocenters. The highest BCUT2D eigenvalue weighted by molar-refractivity contribution is 6.31. The van der Waals surface area contributed by atoms with E-state index in [1.807, 2.05) is 19.1 Å². The fraction of sp³-hybridized carbons (Fsp3) is 0.333. The number of benzene rings is 1. The van der Waals surface area contributed by atoms with Gasteiger partial charge in [-0.3, -0.25) is 4.79 Å². The molecule has 0 saturated heterocycles. The zero-order valence-electron chi connectivity index (χ0n) is 16.5. The van der Waals surface area contributed by atoms with Gasteiger partial charge in [0.25, 0.3) is 0 Å². The number of H-pyrrole nitrogens is 1. The minimum Gasteiger partial charge on any atom is -0.404 e. The molecule has 0 radical (unpaired) electrons. The first-order valence-corrected chi connectivity index (χ1v) is 9.12. The Balaban J connectivity index is 2.60. The Bertz CT molecular complexity index is 1000. The summed E-state index contributed by atoms with van der Waals surface area (Å²) in [6, 6.07) is 5.26. The number of rotatable bonds is 4. The van der Waals surface area contributed by atoms with Crippen LogP contribution in [0.15, 0.2) is 34.2 Å². The van der Waals surface area contributed by atoms with Crippen LogP contribution in [-0.2, 0) is 5.41 Å². The lowest BCUT2D eigenvalue weighted by atomic mass is 9.85. The van der Waals surface area contributed by atoms with Crippen molar-refractivity contribution in [1.82, 2.24) is 4.98 Å². The maximum absolute atomic E-state index is 12.7. The summed E-state index contributed by atoms with van der Waals surface area (Å²) in [4.78, 5) is 18.9. The van der Waals surface area contributed by atoms with Gasteiger partial charge in [0.2, 0.25) is 0 Å². The second-order valence-corrected chi connectivity index (χ2v) is 8.03. The lowest BCUT2D eigenvalue weighted by Gasteiger charge is -2.22. The van der Waals surface area contributed by atoms with E-state index in [-0.39, 0.29) is 22.0 Å². The van der Waals surface area contributed by atoms with E-state index in [1.165, 1.54) is 6.07 Å². The molecule has 0 aliphatic rings. The second kappa shape index (κ2) is 8.27. The number of aryl methyl sites for hydroxylation is 2.